The number of pyridine rings is 1. The van der Waals surface area contributed by atoms with E-state index in [1.807, 2.05) is 69.4 Å². The minimum absolute atomic E-state index is 0.0434. The molecule has 6 atom stereocenters. The van der Waals surface area contributed by atoms with Crippen molar-refractivity contribution in [1.29, 1.82) is 0 Å². The largest absolute Gasteiger partial charge is 0.507 e. The Balaban J connectivity index is 0.600. The molecule has 1 aliphatic carbocycles. The van der Waals surface area contributed by atoms with Crippen LogP contribution < -0.4 is 30.3 Å². The standard InChI is InChI=1S/C58H71N11O9S/c1-34(2)54(58(73)68-31-41(70)24-49(68)57(72)62-35(3)36-9-11-37(12-10-36)55-47(32-74-4)61-33-79-55)51-28-53(65-78-51)75-22-21-66-19-16-42(17-20-66)76-43-25-44(26-43)77-52-23-38(15-18-60-52)69-39-13-14-40(69)30-67(29-39)48-27-46(63-64-56(48)59)45-7-5-6-8-50(45)71/h5-12,15,18,23,27-28,33-35,39-44,49,54,70-71H,13-14,16-17,19-22,24-26,29-32H2,1-4H3,(H2,59,64)(H,62,72)/t35-,39?,40?,41+,43?,44?,49-,54+/m0/s1. The van der Waals surface area contributed by atoms with E-state index in [9.17, 15) is 19.8 Å². The van der Waals surface area contributed by atoms with E-state index < -0.39 is 18.1 Å². The van der Waals surface area contributed by atoms with Gasteiger partial charge in [-0.1, -0.05) is 50.2 Å². The van der Waals surface area contributed by atoms with Gasteiger partial charge in [-0.2, -0.15) is 0 Å². The van der Waals surface area contributed by atoms with Gasteiger partial charge in [-0.3, -0.25) is 14.5 Å². The highest BCUT2D eigenvalue weighted by molar-refractivity contribution is 7.13. The summed E-state index contributed by atoms with van der Waals surface area (Å²) in [6, 6.07) is 22.2. The Morgan fingerprint density at radius 2 is 1.66 bits per heavy atom. The first-order chi connectivity index (χ1) is 38.3. The highest BCUT2D eigenvalue weighted by Crippen LogP contribution is 2.41. The van der Waals surface area contributed by atoms with Crippen LogP contribution in [-0.2, 0) is 25.7 Å². The Kier molecular flexibility index (Phi) is 16.3. The molecule has 1 saturated carbocycles. The number of carbonyl (C=O) groups is 2. The number of phenols is 1. The summed E-state index contributed by atoms with van der Waals surface area (Å²) in [5.74, 6) is 0.285. The number of piperidine rings is 1. The molecule has 5 fully saturated rings. The van der Waals surface area contributed by atoms with Crippen molar-refractivity contribution in [3.05, 3.63) is 102 Å². The van der Waals surface area contributed by atoms with Crippen molar-refractivity contribution < 1.29 is 43.3 Å². The van der Waals surface area contributed by atoms with Crippen LogP contribution >= 0.6 is 11.3 Å². The molecule has 0 radical (unpaired) electrons. The van der Waals surface area contributed by atoms with Crippen molar-refractivity contribution in [2.45, 2.75) is 127 Å². The van der Waals surface area contributed by atoms with Crippen LogP contribution in [0.2, 0.25) is 0 Å². The number of para-hydroxylation sites is 1. The third kappa shape index (κ3) is 12.0. The molecular formula is C58H71N11O9S. The number of likely N-dealkylation sites (tertiary alicyclic amines) is 2. The van der Waals surface area contributed by atoms with Gasteiger partial charge in [-0.05, 0) is 79.1 Å². The number of rotatable bonds is 20. The molecule has 2 bridgehead atoms. The second-order valence-corrected chi connectivity index (χ2v) is 22.9. The van der Waals surface area contributed by atoms with E-state index in [0.29, 0.717) is 54.4 Å². The first kappa shape index (κ1) is 54.1. The fraction of sp³-hybridized carbons (Fsp3) is 0.500. The molecule has 8 heterocycles. The molecule has 418 valence electrons. The number of nitrogens with zero attached hydrogens (tertiary/aromatic N) is 9. The molecule has 2 aromatic carbocycles. The number of aromatic hydroxyl groups is 1. The number of aliphatic hydroxyl groups is 1. The average molecular weight is 1100 g/mol. The second kappa shape index (κ2) is 23.8. The van der Waals surface area contributed by atoms with E-state index in [-0.39, 0.29) is 72.9 Å². The zero-order valence-corrected chi connectivity index (χ0v) is 46.0. The summed E-state index contributed by atoms with van der Waals surface area (Å²) < 4.78 is 30.1. The second-order valence-electron chi connectivity index (χ2n) is 22.0. The van der Waals surface area contributed by atoms with Gasteiger partial charge in [0.05, 0.1) is 58.4 Å². The number of aromatic nitrogens is 5. The Hall–Kier alpha value is -6.91. The number of hydrogen-bond donors (Lipinski definition) is 4. The van der Waals surface area contributed by atoms with Gasteiger partial charge >= 0.3 is 0 Å². The van der Waals surface area contributed by atoms with Crippen molar-refractivity contribution in [2.24, 2.45) is 5.92 Å². The molecule has 20 nitrogen and oxygen atoms in total. The lowest BCUT2D eigenvalue weighted by molar-refractivity contribution is -0.141. The summed E-state index contributed by atoms with van der Waals surface area (Å²) in [6.07, 6.45) is 7.18. The Morgan fingerprint density at radius 3 is 2.41 bits per heavy atom. The van der Waals surface area contributed by atoms with Crippen molar-refractivity contribution in [2.75, 3.05) is 68.5 Å². The van der Waals surface area contributed by atoms with E-state index in [2.05, 4.69) is 57.5 Å². The van der Waals surface area contributed by atoms with Gasteiger partial charge in [-0.25, -0.2) is 9.97 Å². The van der Waals surface area contributed by atoms with Crippen LogP contribution in [0, 0.1) is 5.92 Å². The molecule has 11 rings (SSSR count). The van der Waals surface area contributed by atoms with Gasteiger partial charge in [0, 0.05) is 107 Å². The molecule has 21 heteroatoms. The Bertz CT molecular complexity index is 3040. The van der Waals surface area contributed by atoms with Crippen LogP contribution in [-0.4, -0.2) is 153 Å². The number of nitrogen functional groups attached to an aromatic ring is 1. The predicted octanol–water partition coefficient (Wildman–Crippen LogP) is 6.99. The zero-order valence-electron chi connectivity index (χ0n) is 45.2. The number of anilines is 3. The van der Waals surface area contributed by atoms with E-state index >= 15 is 0 Å². The number of methoxy groups -OCH3 is 1. The van der Waals surface area contributed by atoms with Crippen LogP contribution in [0.5, 0.6) is 17.5 Å². The SMILES string of the molecule is COCc1ncsc1-c1ccc([C@H](C)NC(=O)[C@@H]2C[C@@H](O)CN2C(=O)[C@@H](c2cc(OCCN3CCC(OC4CC(Oc5cc(N6C7CCC6CN(c6cc(-c8ccccc8O)nnc6N)C7)ccn5)C4)CC3)no2)C(C)C)cc1. The predicted molar refractivity (Wildman–Crippen MR) is 298 cm³/mol. The van der Waals surface area contributed by atoms with Gasteiger partial charge in [0.2, 0.25) is 17.7 Å². The van der Waals surface area contributed by atoms with Gasteiger partial charge in [-0.15, -0.1) is 21.5 Å². The highest BCUT2D eigenvalue weighted by Gasteiger charge is 2.45. The van der Waals surface area contributed by atoms with Crippen LogP contribution in [0.3, 0.4) is 0 Å². The zero-order chi connectivity index (χ0) is 54.7. The quantitative estimate of drug-likeness (QED) is 0.0602. The third-order valence-electron chi connectivity index (χ3n) is 16.3. The maximum atomic E-state index is 14.3. The monoisotopic (exact) mass is 1100 g/mol. The lowest BCUT2D eigenvalue weighted by atomic mass is 9.91. The summed E-state index contributed by atoms with van der Waals surface area (Å²) in [6.45, 7) is 10.7. The molecule has 2 unspecified atom stereocenters. The fourth-order valence-electron chi connectivity index (χ4n) is 12.1. The molecular weight excluding hydrogens is 1030 g/mol. The number of aliphatic hydroxyl groups excluding tert-OH is 1. The minimum atomic E-state index is -0.844. The maximum Gasteiger partial charge on any atom is 0.254 e. The number of benzene rings is 2. The number of fused-ring (bicyclic) bond motifs is 2. The molecule has 2 amide bonds. The number of phenolic OH excluding ortho intramolecular Hbond substituents is 1. The fourth-order valence-corrected chi connectivity index (χ4v) is 12.9. The van der Waals surface area contributed by atoms with E-state index in [0.717, 1.165) is 97.8 Å². The first-order valence-electron chi connectivity index (χ1n) is 27.7. The topological polar surface area (TPSA) is 240 Å². The summed E-state index contributed by atoms with van der Waals surface area (Å²) in [5.41, 5.74) is 14.2. The van der Waals surface area contributed by atoms with E-state index in [1.54, 1.807) is 42.2 Å². The average Bonchev–Trinajstić information content (AvgIpc) is 4.33. The number of β-amino-alcohol motifs (C(OH)–C–C–N with tert-alkyl or cyclic N) is 1. The van der Waals surface area contributed by atoms with Crippen molar-refractivity contribution in [3.63, 3.8) is 0 Å². The van der Waals surface area contributed by atoms with E-state index in [4.69, 9.17) is 29.2 Å². The molecule has 4 aliphatic heterocycles. The smallest absolute Gasteiger partial charge is 0.254 e. The molecule has 6 aromatic rings. The van der Waals surface area contributed by atoms with Crippen LogP contribution in [0.4, 0.5) is 17.2 Å². The Morgan fingerprint density at radius 1 is 0.886 bits per heavy atom. The van der Waals surface area contributed by atoms with Crippen LogP contribution in [0.25, 0.3) is 21.7 Å². The number of amides is 2. The number of piperazine rings is 1. The molecule has 79 heavy (non-hydrogen) atoms. The van der Waals surface area contributed by atoms with Gasteiger partial charge in [0.15, 0.2) is 11.6 Å². The Labute approximate surface area is 464 Å². The lowest BCUT2D eigenvalue weighted by Crippen LogP contribution is -2.54. The van der Waals surface area contributed by atoms with Gasteiger partial charge in [0.25, 0.3) is 5.88 Å². The maximum absolute atomic E-state index is 14.3. The summed E-state index contributed by atoms with van der Waals surface area (Å²) >= 11 is 1.55. The van der Waals surface area contributed by atoms with E-state index in [1.165, 1.54) is 4.90 Å². The van der Waals surface area contributed by atoms with Gasteiger partial charge in [0.1, 0.15) is 30.4 Å². The van der Waals surface area contributed by atoms with Crippen molar-refractivity contribution in [3.8, 4) is 39.2 Å². The third-order valence-corrected chi connectivity index (χ3v) is 17.2. The molecule has 0 spiro atoms. The number of carbonyl (C=O) groups excluding carboxylic acids is 2. The molecule has 4 saturated heterocycles. The number of ether oxygens (including phenoxy) is 4. The summed E-state index contributed by atoms with van der Waals surface area (Å²) in [7, 11) is 1.65. The van der Waals surface area contributed by atoms with Crippen LogP contribution in [0.1, 0.15) is 94.7 Å². The highest BCUT2D eigenvalue weighted by atomic mass is 32.1. The number of hydrogen-bond acceptors (Lipinski definition) is 19. The first-order valence-corrected chi connectivity index (χ1v) is 28.6. The summed E-state index contributed by atoms with van der Waals surface area (Å²) in [5, 5.41) is 37.0. The van der Waals surface area contributed by atoms with Crippen molar-refractivity contribution in [1.82, 2.24) is 40.4 Å². The number of thiazole rings is 1. The van der Waals surface area contributed by atoms with Gasteiger partial charge < -0.3 is 59.4 Å². The molecule has 4 aromatic heterocycles. The molecule has 5 N–H and O–H groups in total. The minimum Gasteiger partial charge on any atom is -0.507 e. The van der Waals surface area contributed by atoms with Crippen molar-refractivity contribution >= 4 is 40.3 Å². The van der Waals surface area contributed by atoms with Crippen LogP contribution in [0.15, 0.2) is 89.0 Å². The lowest BCUT2D eigenvalue weighted by Gasteiger charge is -2.43. The molecule has 5 aliphatic rings. The number of nitrogens with two attached hydrogens (primary N) is 1. The number of nitrogens with one attached hydrogen (secondary N) is 1. The summed E-state index contributed by atoms with van der Waals surface area (Å²) in [4.78, 5) is 46.8. The normalized spacial score (nSPS) is 23.2.